The Balaban J connectivity index is 1.29. The molecular formula is C25H28N4O5S. The number of amides is 2. The molecule has 0 spiro atoms. The van der Waals surface area contributed by atoms with E-state index in [9.17, 15) is 18.0 Å². The van der Waals surface area contributed by atoms with Crippen molar-refractivity contribution in [2.24, 2.45) is 0 Å². The monoisotopic (exact) mass is 496 g/mol. The van der Waals surface area contributed by atoms with Crippen LogP contribution in [0.15, 0.2) is 53.6 Å². The first-order valence-electron chi connectivity index (χ1n) is 11.7. The van der Waals surface area contributed by atoms with Crippen LogP contribution in [0.3, 0.4) is 0 Å². The minimum Gasteiger partial charge on any atom is -0.497 e. The second kappa shape index (κ2) is 9.35. The molecule has 184 valence electrons. The van der Waals surface area contributed by atoms with Crippen LogP contribution in [0, 0.1) is 0 Å². The second-order valence-corrected chi connectivity index (χ2v) is 10.9. The quantitative estimate of drug-likeness (QED) is 0.563. The number of likely N-dealkylation sites (tertiary alicyclic amines) is 1. The highest BCUT2D eigenvalue weighted by Crippen LogP contribution is 2.35. The second-order valence-electron chi connectivity index (χ2n) is 8.94. The van der Waals surface area contributed by atoms with Gasteiger partial charge in [0.05, 0.1) is 18.6 Å². The van der Waals surface area contributed by atoms with E-state index in [0.717, 1.165) is 33.8 Å². The minimum atomic E-state index is -3.86. The number of benzene rings is 2. The summed E-state index contributed by atoms with van der Waals surface area (Å²) in [5.41, 5.74) is 2.62. The number of piperidine rings is 1. The van der Waals surface area contributed by atoms with E-state index in [0.29, 0.717) is 24.6 Å². The number of nitrogens with zero attached hydrogens (tertiary/aromatic N) is 2. The number of hydrogen-bond donors (Lipinski definition) is 2. The van der Waals surface area contributed by atoms with Gasteiger partial charge >= 0.3 is 0 Å². The van der Waals surface area contributed by atoms with E-state index in [4.69, 9.17) is 4.74 Å². The third-order valence-corrected chi connectivity index (χ3v) is 8.71. The molecule has 0 radical (unpaired) electrons. The number of aromatic nitrogens is 1. The van der Waals surface area contributed by atoms with Gasteiger partial charge in [0, 0.05) is 48.8 Å². The predicted octanol–water partition coefficient (Wildman–Crippen LogP) is 2.32. The summed E-state index contributed by atoms with van der Waals surface area (Å²) < 4.78 is 32.6. The van der Waals surface area contributed by atoms with Gasteiger partial charge < -0.3 is 19.9 Å². The van der Waals surface area contributed by atoms with Crippen LogP contribution in [0.1, 0.15) is 34.7 Å². The summed E-state index contributed by atoms with van der Waals surface area (Å²) >= 11 is 0. The Kier molecular flexibility index (Phi) is 6.24. The van der Waals surface area contributed by atoms with Gasteiger partial charge in [-0.25, -0.2) is 8.42 Å². The fourth-order valence-electron chi connectivity index (χ4n) is 4.92. The molecule has 2 amide bonds. The molecule has 1 aromatic heterocycles. The smallest absolute Gasteiger partial charge is 0.253 e. The molecule has 0 bridgehead atoms. The van der Waals surface area contributed by atoms with Crippen molar-refractivity contribution >= 4 is 32.7 Å². The Morgan fingerprint density at radius 1 is 1.09 bits per heavy atom. The maximum Gasteiger partial charge on any atom is 0.253 e. The highest BCUT2D eigenvalue weighted by Gasteiger charge is 2.31. The number of rotatable bonds is 5. The molecule has 35 heavy (non-hydrogen) atoms. The fraction of sp³-hybridized carbons (Fsp3) is 0.360. The van der Waals surface area contributed by atoms with Crippen molar-refractivity contribution in [2.75, 3.05) is 39.8 Å². The van der Waals surface area contributed by atoms with Crippen molar-refractivity contribution in [1.29, 1.82) is 0 Å². The van der Waals surface area contributed by atoms with Gasteiger partial charge in [-0.1, -0.05) is 6.07 Å². The molecular weight excluding hydrogens is 468 g/mol. The van der Waals surface area contributed by atoms with Crippen molar-refractivity contribution in [3.8, 4) is 5.75 Å². The Hall–Kier alpha value is -3.37. The van der Waals surface area contributed by atoms with Gasteiger partial charge in [-0.05, 0) is 60.7 Å². The normalized spacial score (nSPS) is 18.0. The molecule has 0 aliphatic carbocycles. The van der Waals surface area contributed by atoms with E-state index in [1.54, 1.807) is 24.1 Å². The highest BCUT2D eigenvalue weighted by atomic mass is 32.2. The number of fused-ring (bicyclic) bond motifs is 1. The standard InChI is InChI=1S/C25H28N4O5S/c1-34-19-5-6-23-21(14-19)22(15-27-23)17-7-10-28(11-8-17)25(31)18-3-2-4-20(13-18)35(32,33)29-12-9-26-24(30)16-29/h2-6,13-15,17,27H,7-12,16H2,1H3,(H,26,30). The van der Waals surface area contributed by atoms with Gasteiger partial charge in [-0.15, -0.1) is 0 Å². The average Bonchev–Trinajstić information content (AvgIpc) is 3.31. The lowest BCUT2D eigenvalue weighted by Crippen LogP contribution is -2.49. The molecule has 0 atom stereocenters. The van der Waals surface area contributed by atoms with Crippen molar-refractivity contribution in [3.05, 3.63) is 59.8 Å². The van der Waals surface area contributed by atoms with E-state index in [1.165, 1.54) is 17.7 Å². The maximum absolute atomic E-state index is 13.2. The van der Waals surface area contributed by atoms with Crippen LogP contribution < -0.4 is 10.1 Å². The number of carbonyl (C=O) groups excluding carboxylic acids is 2. The SMILES string of the molecule is COc1ccc2[nH]cc(C3CCN(C(=O)c4cccc(S(=O)(=O)N5CCNC(=O)C5)c4)CC3)c2c1. The predicted molar refractivity (Wildman–Crippen MR) is 131 cm³/mol. The molecule has 9 nitrogen and oxygen atoms in total. The van der Waals surface area contributed by atoms with E-state index < -0.39 is 10.0 Å². The Labute approximate surface area is 204 Å². The zero-order chi connectivity index (χ0) is 24.6. The topological polar surface area (TPSA) is 112 Å². The molecule has 2 saturated heterocycles. The highest BCUT2D eigenvalue weighted by molar-refractivity contribution is 7.89. The summed E-state index contributed by atoms with van der Waals surface area (Å²) in [4.78, 5) is 30.0. The summed E-state index contributed by atoms with van der Waals surface area (Å²) in [6.45, 7) is 1.44. The molecule has 2 aliphatic rings. The third kappa shape index (κ3) is 4.51. The minimum absolute atomic E-state index is 0.0284. The zero-order valence-electron chi connectivity index (χ0n) is 19.5. The first-order valence-corrected chi connectivity index (χ1v) is 13.1. The summed E-state index contributed by atoms with van der Waals surface area (Å²) in [6, 6.07) is 12.1. The van der Waals surface area contributed by atoms with Crippen molar-refractivity contribution in [1.82, 2.24) is 19.5 Å². The van der Waals surface area contributed by atoms with E-state index in [-0.39, 0.29) is 36.3 Å². The van der Waals surface area contributed by atoms with E-state index in [2.05, 4.69) is 10.3 Å². The number of carbonyl (C=O) groups is 2. The first kappa shape index (κ1) is 23.4. The van der Waals surface area contributed by atoms with Gasteiger partial charge in [0.15, 0.2) is 0 Å². The number of methoxy groups -OCH3 is 1. The number of aromatic amines is 1. The molecule has 3 heterocycles. The van der Waals surface area contributed by atoms with Gasteiger partial charge in [0.1, 0.15) is 5.75 Å². The van der Waals surface area contributed by atoms with Crippen LogP contribution >= 0.6 is 0 Å². The molecule has 2 fully saturated rings. The third-order valence-electron chi connectivity index (χ3n) is 6.87. The molecule has 0 unspecified atom stereocenters. The van der Waals surface area contributed by atoms with Crippen molar-refractivity contribution in [2.45, 2.75) is 23.7 Å². The fourth-order valence-corrected chi connectivity index (χ4v) is 6.36. The van der Waals surface area contributed by atoms with Crippen LogP contribution in [-0.4, -0.2) is 74.3 Å². The molecule has 10 heteroatoms. The van der Waals surface area contributed by atoms with Gasteiger partial charge in [-0.3, -0.25) is 9.59 Å². The van der Waals surface area contributed by atoms with Crippen LogP contribution in [0.25, 0.3) is 10.9 Å². The number of nitrogens with one attached hydrogen (secondary N) is 2. The summed E-state index contributed by atoms with van der Waals surface area (Å²) in [5, 5.41) is 3.76. The maximum atomic E-state index is 13.2. The molecule has 2 N–H and O–H groups in total. The number of H-pyrrole nitrogens is 1. The zero-order valence-corrected chi connectivity index (χ0v) is 20.3. The number of ether oxygens (including phenoxy) is 1. The summed E-state index contributed by atoms with van der Waals surface area (Å²) in [7, 11) is -2.20. The summed E-state index contributed by atoms with van der Waals surface area (Å²) in [5.74, 6) is 0.615. The molecule has 2 aliphatic heterocycles. The number of sulfonamides is 1. The average molecular weight is 497 g/mol. The van der Waals surface area contributed by atoms with Crippen LogP contribution in [0.2, 0.25) is 0 Å². The lowest BCUT2D eigenvalue weighted by atomic mass is 9.89. The van der Waals surface area contributed by atoms with Crippen molar-refractivity contribution in [3.63, 3.8) is 0 Å². The largest absolute Gasteiger partial charge is 0.497 e. The van der Waals surface area contributed by atoms with Gasteiger partial charge in [-0.2, -0.15) is 4.31 Å². The molecule has 0 saturated carbocycles. The molecule has 3 aromatic rings. The van der Waals surface area contributed by atoms with E-state index in [1.807, 2.05) is 24.4 Å². The first-order chi connectivity index (χ1) is 16.9. The molecule has 2 aromatic carbocycles. The van der Waals surface area contributed by atoms with Gasteiger partial charge in [0.2, 0.25) is 15.9 Å². The van der Waals surface area contributed by atoms with Crippen LogP contribution in [0.4, 0.5) is 0 Å². The van der Waals surface area contributed by atoms with Crippen LogP contribution in [-0.2, 0) is 14.8 Å². The summed E-state index contributed by atoms with van der Waals surface area (Å²) in [6.07, 6.45) is 3.68. The number of hydrogen-bond acceptors (Lipinski definition) is 5. The lowest BCUT2D eigenvalue weighted by molar-refractivity contribution is -0.122. The Bertz CT molecular complexity index is 1380. The Morgan fingerprint density at radius 3 is 2.63 bits per heavy atom. The van der Waals surface area contributed by atoms with E-state index >= 15 is 0 Å². The Morgan fingerprint density at radius 2 is 1.89 bits per heavy atom. The van der Waals surface area contributed by atoms with Crippen LogP contribution in [0.5, 0.6) is 5.75 Å². The van der Waals surface area contributed by atoms with Gasteiger partial charge in [0.25, 0.3) is 5.91 Å². The van der Waals surface area contributed by atoms with Crippen molar-refractivity contribution < 1.29 is 22.7 Å². The molecule has 5 rings (SSSR count). The number of piperazine rings is 1. The lowest BCUT2D eigenvalue weighted by Gasteiger charge is -2.32.